The molecule has 0 aliphatic heterocycles. The van der Waals surface area contributed by atoms with Crippen molar-refractivity contribution in [2.45, 2.75) is 39.5 Å². The molecule has 3 rings (SSSR count). The number of rotatable bonds is 0. The summed E-state index contributed by atoms with van der Waals surface area (Å²) in [6.07, 6.45) is 13.9. The maximum absolute atomic E-state index is 2.27. The molecule has 0 nitrogen and oxygen atoms in total. The largest absolute Gasteiger partial charge is 0.0836 e. The lowest BCUT2D eigenvalue weighted by molar-refractivity contribution is 0.962. The van der Waals surface area contributed by atoms with E-state index in [1.165, 1.54) is 30.4 Å². The SMILES string of the molecule is C1=Cc2ccc3c(c2CC1)CC=C3.CCC. The lowest BCUT2D eigenvalue weighted by atomic mass is 9.90. The fraction of sp³-hybridized carbons (Fsp3) is 0.375. The van der Waals surface area contributed by atoms with Gasteiger partial charge in [-0.1, -0.05) is 56.7 Å². The first-order chi connectivity index (χ1) is 7.86. The second-order valence-corrected chi connectivity index (χ2v) is 4.46. The fourth-order valence-electron chi connectivity index (χ4n) is 2.32. The van der Waals surface area contributed by atoms with Gasteiger partial charge in [-0.05, 0) is 41.5 Å². The minimum atomic E-state index is 1.15. The lowest BCUT2D eigenvalue weighted by Crippen LogP contribution is -1.99. The molecule has 0 radical (unpaired) electrons. The van der Waals surface area contributed by atoms with Crippen LogP contribution in [0, 0.1) is 0 Å². The molecule has 1 aromatic rings. The van der Waals surface area contributed by atoms with Gasteiger partial charge in [0.15, 0.2) is 0 Å². The molecule has 84 valence electrons. The van der Waals surface area contributed by atoms with Gasteiger partial charge in [-0.15, -0.1) is 0 Å². The molecule has 0 N–H and O–H groups in total. The molecule has 2 aliphatic carbocycles. The van der Waals surface area contributed by atoms with E-state index in [1.54, 1.807) is 11.1 Å². The first kappa shape index (κ1) is 11.2. The highest BCUT2D eigenvalue weighted by molar-refractivity contribution is 5.68. The molecule has 0 amide bonds. The van der Waals surface area contributed by atoms with E-state index in [4.69, 9.17) is 0 Å². The second kappa shape index (κ2) is 5.16. The summed E-state index contributed by atoms with van der Waals surface area (Å²) in [6, 6.07) is 4.49. The molecule has 0 heteroatoms. The zero-order valence-electron chi connectivity index (χ0n) is 10.3. The van der Waals surface area contributed by atoms with Crippen LogP contribution in [0.1, 0.15) is 48.9 Å². The molecule has 0 fully saturated rings. The Morgan fingerprint density at radius 2 is 1.56 bits per heavy atom. The minimum absolute atomic E-state index is 1.15. The van der Waals surface area contributed by atoms with E-state index in [0.717, 1.165) is 6.42 Å². The Morgan fingerprint density at radius 1 is 0.938 bits per heavy atom. The summed E-state index contributed by atoms with van der Waals surface area (Å²) in [4.78, 5) is 0. The van der Waals surface area contributed by atoms with Gasteiger partial charge in [-0.2, -0.15) is 0 Å². The monoisotopic (exact) mass is 212 g/mol. The smallest absolute Gasteiger partial charge is 0.00852 e. The molecule has 2 aliphatic rings. The van der Waals surface area contributed by atoms with Crippen molar-refractivity contribution in [2.24, 2.45) is 0 Å². The van der Waals surface area contributed by atoms with Gasteiger partial charge in [-0.3, -0.25) is 0 Å². The molecular formula is C16H20. The summed E-state index contributed by atoms with van der Waals surface area (Å²) in [5.41, 5.74) is 6.04. The molecule has 0 saturated heterocycles. The molecule has 0 aromatic heterocycles. The van der Waals surface area contributed by atoms with E-state index < -0.39 is 0 Å². The first-order valence-electron chi connectivity index (χ1n) is 6.34. The van der Waals surface area contributed by atoms with Gasteiger partial charge in [0.05, 0.1) is 0 Å². The third kappa shape index (κ3) is 2.11. The van der Waals surface area contributed by atoms with E-state index in [2.05, 4.69) is 50.3 Å². The van der Waals surface area contributed by atoms with Crippen LogP contribution in [0.25, 0.3) is 12.2 Å². The Balaban J connectivity index is 0.000000292. The molecule has 0 atom stereocenters. The van der Waals surface area contributed by atoms with Crippen LogP contribution in [-0.2, 0) is 12.8 Å². The maximum Gasteiger partial charge on any atom is -0.00852 e. The van der Waals surface area contributed by atoms with E-state index >= 15 is 0 Å². The van der Waals surface area contributed by atoms with Crippen LogP contribution in [0.4, 0.5) is 0 Å². The van der Waals surface area contributed by atoms with Gasteiger partial charge in [-0.25, -0.2) is 0 Å². The molecule has 1 aromatic carbocycles. The van der Waals surface area contributed by atoms with Gasteiger partial charge >= 0.3 is 0 Å². The highest BCUT2D eigenvalue weighted by atomic mass is 14.2. The van der Waals surface area contributed by atoms with E-state index in [1.807, 2.05) is 0 Å². The third-order valence-corrected chi connectivity index (χ3v) is 2.98. The summed E-state index contributed by atoms with van der Waals surface area (Å²) >= 11 is 0. The Bertz CT molecular complexity index is 422. The Hall–Kier alpha value is -1.30. The molecule has 0 bridgehead atoms. The highest BCUT2D eigenvalue weighted by Gasteiger charge is 2.14. The fourth-order valence-corrected chi connectivity index (χ4v) is 2.32. The average Bonchev–Trinajstić information content (AvgIpc) is 2.78. The molecule has 0 unspecified atom stereocenters. The lowest BCUT2D eigenvalue weighted by Gasteiger charge is -2.14. The standard InChI is InChI=1S/C13H12.C3H8/c1-2-6-12-10(4-1)8-9-11-5-3-7-13(11)12;1-3-2/h1,3-5,8-9H,2,6-7H2;3H2,1-2H3. The van der Waals surface area contributed by atoms with Crippen LogP contribution < -0.4 is 0 Å². The van der Waals surface area contributed by atoms with Crippen molar-refractivity contribution < 1.29 is 0 Å². The summed E-state index contributed by atoms with van der Waals surface area (Å²) in [7, 11) is 0. The number of benzene rings is 1. The van der Waals surface area contributed by atoms with E-state index in [9.17, 15) is 0 Å². The number of allylic oxidation sites excluding steroid dienone is 2. The van der Waals surface area contributed by atoms with E-state index in [0.29, 0.717) is 0 Å². The predicted molar refractivity (Wildman–Crippen MR) is 72.5 cm³/mol. The zero-order chi connectivity index (χ0) is 11.4. The van der Waals surface area contributed by atoms with Crippen molar-refractivity contribution in [1.82, 2.24) is 0 Å². The molecule has 16 heavy (non-hydrogen) atoms. The second-order valence-electron chi connectivity index (χ2n) is 4.46. The van der Waals surface area contributed by atoms with Gasteiger partial charge in [0, 0.05) is 0 Å². The summed E-state index contributed by atoms with van der Waals surface area (Å²) in [6.45, 7) is 4.25. The Labute approximate surface area is 98.7 Å². The van der Waals surface area contributed by atoms with Crippen molar-refractivity contribution in [3.05, 3.63) is 46.5 Å². The van der Waals surface area contributed by atoms with Crippen LogP contribution in [0.2, 0.25) is 0 Å². The third-order valence-electron chi connectivity index (χ3n) is 2.98. The molecule has 0 spiro atoms. The summed E-state index contributed by atoms with van der Waals surface area (Å²) in [5.74, 6) is 0. The quantitative estimate of drug-likeness (QED) is 0.588. The summed E-state index contributed by atoms with van der Waals surface area (Å²) < 4.78 is 0. The number of hydrogen-bond donors (Lipinski definition) is 0. The normalized spacial score (nSPS) is 15.1. The molecule has 0 heterocycles. The molecule has 0 saturated carbocycles. The predicted octanol–water partition coefficient (Wildman–Crippen LogP) is 4.63. The van der Waals surface area contributed by atoms with Crippen LogP contribution in [0.3, 0.4) is 0 Å². The Morgan fingerprint density at radius 3 is 2.31 bits per heavy atom. The molecular weight excluding hydrogens is 192 g/mol. The van der Waals surface area contributed by atoms with Gasteiger partial charge in [0.1, 0.15) is 0 Å². The van der Waals surface area contributed by atoms with Crippen molar-refractivity contribution in [3.8, 4) is 0 Å². The minimum Gasteiger partial charge on any atom is -0.0836 e. The number of fused-ring (bicyclic) bond motifs is 3. The highest BCUT2D eigenvalue weighted by Crippen LogP contribution is 2.30. The van der Waals surface area contributed by atoms with E-state index in [-0.39, 0.29) is 0 Å². The van der Waals surface area contributed by atoms with Crippen LogP contribution in [0.5, 0.6) is 0 Å². The van der Waals surface area contributed by atoms with Crippen molar-refractivity contribution in [2.75, 3.05) is 0 Å². The average molecular weight is 212 g/mol. The van der Waals surface area contributed by atoms with Crippen molar-refractivity contribution in [1.29, 1.82) is 0 Å². The van der Waals surface area contributed by atoms with Gasteiger partial charge < -0.3 is 0 Å². The zero-order valence-corrected chi connectivity index (χ0v) is 10.3. The first-order valence-corrected chi connectivity index (χ1v) is 6.34. The van der Waals surface area contributed by atoms with Crippen LogP contribution >= 0.6 is 0 Å². The van der Waals surface area contributed by atoms with Crippen molar-refractivity contribution in [3.63, 3.8) is 0 Å². The maximum atomic E-state index is 2.27. The van der Waals surface area contributed by atoms with Crippen LogP contribution in [0.15, 0.2) is 24.3 Å². The Kier molecular flexibility index (Phi) is 3.61. The topological polar surface area (TPSA) is 0 Å². The van der Waals surface area contributed by atoms with Crippen molar-refractivity contribution >= 4 is 12.2 Å². The van der Waals surface area contributed by atoms with Gasteiger partial charge in [0.2, 0.25) is 0 Å². The van der Waals surface area contributed by atoms with Crippen LogP contribution in [-0.4, -0.2) is 0 Å². The summed E-state index contributed by atoms with van der Waals surface area (Å²) in [5, 5.41) is 0. The van der Waals surface area contributed by atoms with Gasteiger partial charge in [0.25, 0.3) is 0 Å². The number of hydrogen-bond acceptors (Lipinski definition) is 0.